The Hall–Kier alpha value is -1.46. The summed E-state index contributed by atoms with van der Waals surface area (Å²) in [6.45, 7) is 9.49. The normalized spacial score (nSPS) is 25.6. The molecule has 0 bridgehead atoms. The van der Waals surface area contributed by atoms with Crippen LogP contribution in [0.25, 0.3) is 10.2 Å². The number of hydrogen-bond acceptors (Lipinski definition) is 3. The van der Waals surface area contributed by atoms with Crippen LogP contribution in [0.2, 0.25) is 0 Å². The number of fused-ring (bicyclic) bond motifs is 1. The Morgan fingerprint density at radius 1 is 1.33 bits per heavy atom. The Balaban J connectivity index is 1.66. The van der Waals surface area contributed by atoms with Gasteiger partial charge in [0.15, 0.2) is 6.54 Å². The Bertz CT molecular complexity index is 670. The van der Waals surface area contributed by atoms with Crippen LogP contribution in [-0.2, 0) is 4.79 Å². The second-order valence-corrected chi connectivity index (χ2v) is 8.54. The molecule has 1 saturated heterocycles. The molecule has 5 heteroatoms. The highest BCUT2D eigenvalue weighted by Gasteiger charge is 2.29. The minimum Gasteiger partial charge on any atom is -0.332 e. The van der Waals surface area contributed by atoms with Crippen LogP contribution in [-0.4, -0.2) is 42.5 Å². The quantitative estimate of drug-likeness (QED) is 0.923. The molecule has 0 unspecified atom stereocenters. The predicted octanol–water partition coefficient (Wildman–Crippen LogP) is 2.38. The van der Waals surface area contributed by atoms with Crippen molar-refractivity contribution in [3.8, 4) is 0 Å². The third-order valence-corrected chi connectivity index (χ3v) is 6.33. The summed E-state index contributed by atoms with van der Waals surface area (Å²) in [6, 6.07) is 8.18. The molecule has 1 N–H and O–H groups in total. The van der Waals surface area contributed by atoms with Crippen molar-refractivity contribution < 1.29 is 9.69 Å². The van der Waals surface area contributed by atoms with Gasteiger partial charge in [-0.2, -0.15) is 0 Å². The lowest BCUT2D eigenvalue weighted by molar-refractivity contribution is -0.904. The molecule has 130 valence electrons. The lowest BCUT2D eigenvalue weighted by Crippen LogP contribution is -3.15. The maximum absolute atomic E-state index is 12.7. The van der Waals surface area contributed by atoms with E-state index >= 15 is 0 Å². The van der Waals surface area contributed by atoms with Crippen molar-refractivity contribution in [2.75, 3.05) is 26.7 Å². The second kappa shape index (κ2) is 7.19. The van der Waals surface area contributed by atoms with E-state index in [-0.39, 0.29) is 11.9 Å². The van der Waals surface area contributed by atoms with Gasteiger partial charge in [0.1, 0.15) is 5.01 Å². The molecule has 4 nitrogen and oxygen atoms in total. The average molecular weight is 347 g/mol. The molecule has 2 heterocycles. The number of likely N-dealkylation sites (tertiary alicyclic amines) is 1. The van der Waals surface area contributed by atoms with Gasteiger partial charge in [-0.25, -0.2) is 4.98 Å². The molecule has 3 rings (SSSR count). The monoisotopic (exact) mass is 346 g/mol. The summed E-state index contributed by atoms with van der Waals surface area (Å²) in [4.78, 5) is 20.7. The number of para-hydroxylation sites is 1. The van der Waals surface area contributed by atoms with E-state index in [0.717, 1.165) is 23.6 Å². The number of aromatic nitrogens is 1. The van der Waals surface area contributed by atoms with Crippen LogP contribution >= 0.6 is 11.3 Å². The zero-order valence-corrected chi connectivity index (χ0v) is 15.9. The maximum atomic E-state index is 12.7. The molecule has 1 aromatic carbocycles. The second-order valence-electron chi connectivity index (χ2n) is 7.48. The molecule has 0 spiro atoms. The van der Waals surface area contributed by atoms with Crippen LogP contribution in [0.3, 0.4) is 0 Å². The molecule has 1 aliphatic heterocycles. The average Bonchev–Trinajstić information content (AvgIpc) is 2.96. The van der Waals surface area contributed by atoms with Gasteiger partial charge in [-0.1, -0.05) is 26.0 Å². The van der Waals surface area contributed by atoms with E-state index in [1.165, 1.54) is 16.0 Å². The first-order valence-corrected chi connectivity index (χ1v) is 9.70. The van der Waals surface area contributed by atoms with Crippen LogP contribution < -0.4 is 4.90 Å². The highest BCUT2D eigenvalue weighted by atomic mass is 32.1. The summed E-state index contributed by atoms with van der Waals surface area (Å²) < 4.78 is 1.18. The highest BCUT2D eigenvalue weighted by molar-refractivity contribution is 7.18. The van der Waals surface area contributed by atoms with Crippen molar-refractivity contribution in [1.82, 2.24) is 9.88 Å². The van der Waals surface area contributed by atoms with Crippen molar-refractivity contribution >= 4 is 27.5 Å². The van der Waals surface area contributed by atoms with Crippen molar-refractivity contribution in [1.29, 1.82) is 0 Å². The molecule has 3 atom stereocenters. The Labute approximate surface area is 148 Å². The molecule has 0 aliphatic carbocycles. The zero-order chi connectivity index (χ0) is 17.3. The number of amides is 1. The molecule has 24 heavy (non-hydrogen) atoms. The summed E-state index contributed by atoms with van der Waals surface area (Å²) in [7, 11) is 1.91. The summed E-state index contributed by atoms with van der Waals surface area (Å²) in [5.74, 6) is 1.64. The molecule has 0 radical (unpaired) electrons. The summed E-state index contributed by atoms with van der Waals surface area (Å²) in [5, 5.41) is 1.02. The maximum Gasteiger partial charge on any atom is 0.278 e. The number of nitrogens with one attached hydrogen (secondary N) is 1. The van der Waals surface area contributed by atoms with E-state index in [1.54, 1.807) is 11.3 Å². The Morgan fingerprint density at radius 3 is 2.67 bits per heavy atom. The number of quaternary nitrogens is 1. The van der Waals surface area contributed by atoms with Gasteiger partial charge in [0, 0.05) is 18.9 Å². The molecular weight excluding hydrogens is 318 g/mol. The fraction of sp³-hybridized carbons (Fsp3) is 0.579. The van der Waals surface area contributed by atoms with Gasteiger partial charge in [0.05, 0.1) is 29.3 Å². The van der Waals surface area contributed by atoms with Crippen LogP contribution in [0.4, 0.5) is 0 Å². The van der Waals surface area contributed by atoms with Crippen molar-refractivity contribution in [3.63, 3.8) is 0 Å². The van der Waals surface area contributed by atoms with E-state index < -0.39 is 0 Å². The van der Waals surface area contributed by atoms with Crippen LogP contribution in [0.15, 0.2) is 24.3 Å². The highest BCUT2D eigenvalue weighted by Crippen LogP contribution is 2.28. The van der Waals surface area contributed by atoms with Gasteiger partial charge in [-0.05, 0) is 25.5 Å². The zero-order valence-electron chi connectivity index (χ0n) is 15.1. The molecule has 1 aromatic heterocycles. The molecule has 2 aromatic rings. The van der Waals surface area contributed by atoms with E-state index in [4.69, 9.17) is 4.98 Å². The molecule has 0 saturated carbocycles. The van der Waals surface area contributed by atoms with Crippen LogP contribution in [0.1, 0.15) is 38.2 Å². The Kier molecular flexibility index (Phi) is 5.21. The number of likely N-dealkylation sites (N-methyl/N-ethyl adjacent to an activating group) is 1. The van der Waals surface area contributed by atoms with Crippen molar-refractivity contribution in [2.45, 2.75) is 33.2 Å². The lowest BCUT2D eigenvalue weighted by Gasteiger charge is -2.33. The number of carbonyl (C=O) groups is 1. The number of piperidine rings is 1. The first kappa shape index (κ1) is 17.4. The largest absolute Gasteiger partial charge is 0.332 e. The van der Waals surface area contributed by atoms with E-state index in [1.807, 2.05) is 30.1 Å². The minimum absolute atomic E-state index is 0.0222. The summed E-state index contributed by atoms with van der Waals surface area (Å²) in [5.41, 5.74) is 1.02. The van der Waals surface area contributed by atoms with E-state index in [9.17, 15) is 4.79 Å². The standard InChI is InChI=1S/C19H27N3OS/c1-13-9-14(2)11-22(10-13)12-18(23)21(4)15(3)19-20-16-7-5-6-8-17(16)24-19/h5-8,13-15H,9-12H2,1-4H3/p+1/t13-,14-,15-/m0/s1. The topological polar surface area (TPSA) is 37.6 Å². The summed E-state index contributed by atoms with van der Waals surface area (Å²) in [6.07, 6.45) is 1.29. The molecule has 1 aliphatic rings. The van der Waals surface area contributed by atoms with Crippen molar-refractivity contribution in [3.05, 3.63) is 29.3 Å². The first-order chi connectivity index (χ1) is 11.4. The Morgan fingerprint density at radius 2 is 2.00 bits per heavy atom. The smallest absolute Gasteiger partial charge is 0.278 e. The molecular formula is C19H28N3OS+. The number of thiazole rings is 1. The van der Waals surface area contributed by atoms with Crippen LogP contribution in [0.5, 0.6) is 0 Å². The predicted molar refractivity (Wildman–Crippen MR) is 99.3 cm³/mol. The van der Waals surface area contributed by atoms with Gasteiger partial charge in [0.2, 0.25) is 0 Å². The number of nitrogens with zero attached hydrogens (tertiary/aromatic N) is 2. The van der Waals surface area contributed by atoms with Crippen molar-refractivity contribution in [2.24, 2.45) is 11.8 Å². The van der Waals surface area contributed by atoms with Gasteiger partial charge in [-0.15, -0.1) is 11.3 Å². The SMILES string of the molecule is C[C@H]1C[C@H](C)C[NH+](CC(=O)N(C)[C@@H](C)c2nc3ccccc3s2)C1. The number of carbonyl (C=O) groups excluding carboxylic acids is 1. The molecule has 1 amide bonds. The minimum atomic E-state index is 0.0222. The van der Waals surface area contributed by atoms with Gasteiger partial charge in [-0.3, -0.25) is 4.79 Å². The van der Waals surface area contributed by atoms with Gasteiger partial charge in [0.25, 0.3) is 5.91 Å². The van der Waals surface area contributed by atoms with E-state index in [0.29, 0.717) is 18.4 Å². The number of hydrogen-bond donors (Lipinski definition) is 1. The third kappa shape index (κ3) is 3.78. The summed E-state index contributed by atoms with van der Waals surface area (Å²) >= 11 is 1.69. The fourth-order valence-electron chi connectivity index (χ4n) is 3.86. The first-order valence-electron chi connectivity index (χ1n) is 8.88. The third-order valence-electron chi connectivity index (χ3n) is 5.12. The van der Waals surface area contributed by atoms with Gasteiger partial charge >= 0.3 is 0 Å². The van der Waals surface area contributed by atoms with E-state index in [2.05, 4.69) is 26.8 Å². The fourth-order valence-corrected chi connectivity index (χ4v) is 4.92. The molecule has 1 fully saturated rings. The lowest BCUT2D eigenvalue weighted by atomic mass is 9.92. The number of benzene rings is 1. The van der Waals surface area contributed by atoms with Crippen LogP contribution in [0, 0.1) is 11.8 Å². The number of rotatable bonds is 4. The van der Waals surface area contributed by atoms with Gasteiger partial charge < -0.3 is 9.80 Å².